The zero-order chi connectivity index (χ0) is 10.9. The first-order valence-electron chi connectivity index (χ1n) is 5.48. The van der Waals surface area contributed by atoms with Crippen LogP contribution in [-0.4, -0.2) is 19.8 Å². The van der Waals surface area contributed by atoms with Crippen LogP contribution in [0.1, 0.15) is 26.2 Å². The van der Waals surface area contributed by atoms with Gasteiger partial charge < -0.3 is 9.47 Å². The van der Waals surface area contributed by atoms with Gasteiger partial charge in [0, 0.05) is 20.1 Å². The Morgan fingerprint density at radius 1 is 1.40 bits per heavy atom. The Morgan fingerprint density at radius 3 is 2.87 bits per heavy atom. The van der Waals surface area contributed by atoms with Gasteiger partial charge in [0.1, 0.15) is 11.9 Å². The van der Waals surface area contributed by atoms with Gasteiger partial charge in [0.05, 0.1) is 0 Å². The predicted molar refractivity (Wildman–Crippen MR) is 61.1 cm³/mol. The first kappa shape index (κ1) is 12.1. The molecule has 2 heteroatoms. The smallest absolute Gasteiger partial charge is 0.120 e. The van der Waals surface area contributed by atoms with E-state index in [-0.39, 0.29) is 6.10 Å². The van der Waals surface area contributed by atoms with Crippen LogP contribution in [0.3, 0.4) is 0 Å². The SMILES string of the molecule is CCCC(CCOC)Oc1c[c]ccc1. The van der Waals surface area contributed by atoms with E-state index in [0.717, 1.165) is 31.6 Å². The highest BCUT2D eigenvalue weighted by atomic mass is 16.5. The van der Waals surface area contributed by atoms with Gasteiger partial charge in [-0.15, -0.1) is 0 Å². The average Bonchev–Trinajstić information content (AvgIpc) is 2.28. The first-order valence-corrected chi connectivity index (χ1v) is 5.48. The lowest BCUT2D eigenvalue weighted by Crippen LogP contribution is -2.18. The third-order valence-corrected chi connectivity index (χ3v) is 2.24. The summed E-state index contributed by atoms with van der Waals surface area (Å²) < 4.78 is 10.9. The number of hydrogen-bond acceptors (Lipinski definition) is 2. The molecule has 1 unspecified atom stereocenters. The summed E-state index contributed by atoms with van der Waals surface area (Å²) in [4.78, 5) is 0. The molecule has 0 saturated carbocycles. The van der Waals surface area contributed by atoms with Crippen molar-refractivity contribution in [2.75, 3.05) is 13.7 Å². The van der Waals surface area contributed by atoms with Crippen molar-refractivity contribution in [3.63, 3.8) is 0 Å². The summed E-state index contributed by atoms with van der Waals surface area (Å²) in [5.74, 6) is 0.895. The van der Waals surface area contributed by atoms with Gasteiger partial charge in [0.25, 0.3) is 0 Å². The van der Waals surface area contributed by atoms with E-state index in [9.17, 15) is 0 Å². The summed E-state index contributed by atoms with van der Waals surface area (Å²) in [5, 5.41) is 0. The van der Waals surface area contributed by atoms with E-state index in [1.54, 1.807) is 7.11 Å². The molecule has 0 bridgehead atoms. The molecule has 0 aliphatic rings. The molecule has 1 aromatic carbocycles. The Morgan fingerprint density at radius 2 is 2.27 bits per heavy atom. The lowest BCUT2D eigenvalue weighted by Gasteiger charge is -2.18. The van der Waals surface area contributed by atoms with Crippen molar-refractivity contribution in [3.05, 3.63) is 30.3 Å². The molecule has 1 rings (SSSR count). The molecule has 0 fully saturated rings. The maximum atomic E-state index is 5.85. The minimum Gasteiger partial charge on any atom is -0.490 e. The van der Waals surface area contributed by atoms with Crippen LogP contribution in [0.2, 0.25) is 0 Å². The summed E-state index contributed by atoms with van der Waals surface area (Å²) in [6.07, 6.45) is 3.40. The summed E-state index contributed by atoms with van der Waals surface area (Å²) in [7, 11) is 1.72. The van der Waals surface area contributed by atoms with Crippen LogP contribution in [-0.2, 0) is 4.74 Å². The van der Waals surface area contributed by atoms with E-state index < -0.39 is 0 Å². The molecule has 1 atom stereocenters. The fourth-order valence-corrected chi connectivity index (χ4v) is 1.48. The van der Waals surface area contributed by atoms with Crippen LogP contribution >= 0.6 is 0 Å². The van der Waals surface area contributed by atoms with Crippen LogP contribution < -0.4 is 4.74 Å². The second-order valence-corrected chi connectivity index (χ2v) is 3.55. The molecule has 0 aliphatic carbocycles. The van der Waals surface area contributed by atoms with Crippen molar-refractivity contribution >= 4 is 0 Å². The summed E-state index contributed by atoms with van der Waals surface area (Å²) >= 11 is 0. The highest BCUT2D eigenvalue weighted by molar-refractivity contribution is 5.20. The molecule has 0 saturated heterocycles. The van der Waals surface area contributed by atoms with E-state index in [1.807, 2.05) is 24.3 Å². The zero-order valence-corrected chi connectivity index (χ0v) is 9.53. The Balaban J connectivity index is 2.43. The molecule has 1 radical (unpaired) electrons. The second kappa shape index (κ2) is 7.30. The van der Waals surface area contributed by atoms with Crippen molar-refractivity contribution in [2.45, 2.75) is 32.3 Å². The molecule has 0 spiro atoms. The van der Waals surface area contributed by atoms with Crippen molar-refractivity contribution in [3.8, 4) is 5.75 Å². The van der Waals surface area contributed by atoms with Crippen LogP contribution in [0, 0.1) is 6.07 Å². The molecule has 0 amide bonds. The topological polar surface area (TPSA) is 18.5 Å². The average molecular weight is 207 g/mol. The van der Waals surface area contributed by atoms with Gasteiger partial charge in [0.15, 0.2) is 0 Å². The van der Waals surface area contributed by atoms with Gasteiger partial charge in [-0.2, -0.15) is 0 Å². The van der Waals surface area contributed by atoms with Gasteiger partial charge in [-0.3, -0.25) is 0 Å². The minimum atomic E-state index is 0.255. The van der Waals surface area contributed by atoms with Crippen LogP contribution in [0.15, 0.2) is 24.3 Å². The second-order valence-electron chi connectivity index (χ2n) is 3.55. The van der Waals surface area contributed by atoms with Crippen molar-refractivity contribution < 1.29 is 9.47 Å². The van der Waals surface area contributed by atoms with Crippen molar-refractivity contribution in [2.24, 2.45) is 0 Å². The van der Waals surface area contributed by atoms with Gasteiger partial charge in [0.2, 0.25) is 0 Å². The monoisotopic (exact) mass is 207 g/mol. The van der Waals surface area contributed by atoms with Crippen molar-refractivity contribution in [1.82, 2.24) is 0 Å². The fraction of sp³-hybridized carbons (Fsp3) is 0.538. The lowest BCUT2D eigenvalue weighted by molar-refractivity contribution is 0.119. The third-order valence-electron chi connectivity index (χ3n) is 2.24. The minimum absolute atomic E-state index is 0.255. The number of methoxy groups -OCH3 is 1. The Kier molecular flexibility index (Phi) is 5.86. The maximum Gasteiger partial charge on any atom is 0.120 e. The van der Waals surface area contributed by atoms with Crippen LogP contribution in [0.4, 0.5) is 0 Å². The summed E-state index contributed by atoms with van der Waals surface area (Å²) in [5.41, 5.74) is 0. The number of rotatable bonds is 7. The van der Waals surface area contributed by atoms with E-state index in [4.69, 9.17) is 9.47 Å². The molecule has 0 N–H and O–H groups in total. The van der Waals surface area contributed by atoms with Gasteiger partial charge in [-0.25, -0.2) is 0 Å². The van der Waals surface area contributed by atoms with E-state index in [0.29, 0.717) is 0 Å². The van der Waals surface area contributed by atoms with Crippen LogP contribution in [0.5, 0.6) is 5.75 Å². The molecule has 15 heavy (non-hydrogen) atoms. The zero-order valence-electron chi connectivity index (χ0n) is 9.53. The number of hydrogen-bond donors (Lipinski definition) is 0. The van der Waals surface area contributed by atoms with E-state index >= 15 is 0 Å². The Bertz CT molecular complexity index is 246. The molecule has 2 nitrogen and oxygen atoms in total. The van der Waals surface area contributed by atoms with Gasteiger partial charge in [-0.1, -0.05) is 25.5 Å². The van der Waals surface area contributed by atoms with E-state index in [2.05, 4.69) is 13.0 Å². The van der Waals surface area contributed by atoms with Gasteiger partial charge in [-0.05, 0) is 24.6 Å². The molecule has 0 aromatic heterocycles. The standard InChI is InChI=1S/C13H19O2/c1-3-7-12(10-11-14-2)15-13-8-5-4-6-9-13/h4-5,8-9,12H,3,7,10-11H2,1-2H3. The summed E-state index contributed by atoms with van der Waals surface area (Å²) in [6, 6.07) is 10.7. The quantitative estimate of drug-likeness (QED) is 0.684. The first-order chi connectivity index (χ1) is 7.36. The third kappa shape index (κ3) is 4.84. The molecule has 83 valence electrons. The predicted octanol–water partition coefficient (Wildman–Crippen LogP) is 3.07. The van der Waals surface area contributed by atoms with Crippen LogP contribution in [0.25, 0.3) is 0 Å². The Hall–Kier alpha value is -1.02. The highest BCUT2D eigenvalue weighted by Gasteiger charge is 2.08. The summed E-state index contributed by atoms with van der Waals surface area (Å²) in [6.45, 7) is 2.92. The molecule has 0 heterocycles. The molecular weight excluding hydrogens is 188 g/mol. The highest BCUT2D eigenvalue weighted by Crippen LogP contribution is 2.15. The van der Waals surface area contributed by atoms with E-state index in [1.165, 1.54) is 0 Å². The largest absolute Gasteiger partial charge is 0.490 e. The lowest BCUT2D eigenvalue weighted by atomic mass is 10.1. The molecule has 1 aromatic rings. The number of benzene rings is 1. The molecular formula is C13H19O2. The van der Waals surface area contributed by atoms with Gasteiger partial charge >= 0.3 is 0 Å². The maximum absolute atomic E-state index is 5.85. The fourth-order valence-electron chi connectivity index (χ4n) is 1.48. The normalized spacial score (nSPS) is 12.4. The number of ether oxygens (including phenoxy) is 2. The Labute approximate surface area is 92.2 Å². The molecule has 0 aliphatic heterocycles. The van der Waals surface area contributed by atoms with Crippen molar-refractivity contribution in [1.29, 1.82) is 0 Å².